The first kappa shape index (κ1) is 32.0. The maximum atomic E-state index is 13.2. The number of guanidine groups is 1. The van der Waals surface area contributed by atoms with Gasteiger partial charge in [-0.05, 0) is 67.7 Å². The molecule has 0 bridgehead atoms. The fraction of sp³-hybridized carbons (Fsp3) is 0.467. The van der Waals surface area contributed by atoms with Crippen molar-refractivity contribution in [3.05, 3.63) is 54.6 Å². The van der Waals surface area contributed by atoms with Crippen LogP contribution in [0, 0.1) is 23.2 Å². The van der Waals surface area contributed by atoms with E-state index in [2.05, 4.69) is 15.4 Å². The zero-order valence-electron chi connectivity index (χ0n) is 24.3. The van der Waals surface area contributed by atoms with Crippen LogP contribution in [0.2, 0.25) is 0 Å². The van der Waals surface area contributed by atoms with Crippen LogP contribution in [0.25, 0.3) is 11.1 Å². The number of nitrogens with zero attached hydrogens (tertiary/aromatic N) is 1. The van der Waals surface area contributed by atoms with Gasteiger partial charge in [-0.2, -0.15) is 4.72 Å². The summed E-state index contributed by atoms with van der Waals surface area (Å²) in [6, 6.07) is 15.6. The lowest BCUT2D eigenvalue weighted by Gasteiger charge is -2.33. The average molecular weight is 613 g/mol. The first-order chi connectivity index (χ1) is 20.6. The van der Waals surface area contributed by atoms with Gasteiger partial charge in [0, 0.05) is 32.0 Å². The number of benzene rings is 2. The summed E-state index contributed by atoms with van der Waals surface area (Å²) in [5.41, 5.74) is 7.35. The van der Waals surface area contributed by atoms with Gasteiger partial charge in [0.25, 0.3) is 0 Å². The lowest BCUT2D eigenvalue weighted by atomic mass is 9.95. The lowest BCUT2D eigenvalue weighted by Crippen LogP contribution is -2.54. The van der Waals surface area contributed by atoms with Gasteiger partial charge < -0.3 is 26.0 Å². The van der Waals surface area contributed by atoms with Crippen molar-refractivity contribution in [3.8, 4) is 11.1 Å². The van der Waals surface area contributed by atoms with Crippen molar-refractivity contribution in [3.63, 3.8) is 0 Å². The number of hydrogen-bond donors (Lipinski definition) is 5. The first-order valence-electron chi connectivity index (χ1n) is 14.6. The van der Waals surface area contributed by atoms with Crippen LogP contribution in [0.5, 0.6) is 0 Å². The number of ether oxygens (including phenoxy) is 1. The first-order valence-corrected chi connectivity index (χ1v) is 16.1. The Balaban J connectivity index is 1.38. The summed E-state index contributed by atoms with van der Waals surface area (Å²) < 4.78 is 33.6. The third-order valence-electron chi connectivity index (χ3n) is 7.73. The van der Waals surface area contributed by atoms with Gasteiger partial charge in [-0.3, -0.25) is 15.0 Å². The van der Waals surface area contributed by atoms with Crippen molar-refractivity contribution < 1.29 is 27.5 Å². The Hall–Kier alpha value is -3.97. The highest BCUT2D eigenvalue weighted by molar-refractivity contribution is 7.89. The van der Waals surface area contributed by atoms with Crippen molar-refractivity contribution in [2.75, 3.05) is 26.2 Å². The monoisotopic (exact) mass is 612 g/mol. The molecule has 0 radical (unpaired) electrons. The van der Waals surface area contributed by atoms with Gasteiger partial charge >= 0.3 is 5.97 Å². The van der Waals surface area contributed by atoms with E-state index in [1.807, 2.05) is 30.3 Å². The molecule has 1 saturated carbocycles. The normalized spacial score (nSPS) is 18.3. The van der Waals surface area contributed by atoms with Gasteiger partial charge in [-0.15, -0.1) is 0 Å². The van der Waals surface area contributed by atoms with Crippen molar-refractivity contribution >= 4 is 33.8 Å². The van der Waals surface area contributed by atoms with Gasteiger partial charge in [-0.1, -0.05) is 42.5 Å². The van der Waals surface area contributed by atoms with Crippen molar-refractivity contribution in [1.29, 1.82) is 5.41 Å². The maximum absolute atomic E-state index is 13.2. The van der Waals surface area contributed by atoms with Crippen molar-refractivity contribution in [1.82, 2.24) is 20.3 Å². The van der Waals surface area contributed by atoms with Gasteiger partial charge in [0.05, 0.1) is 11.5 Å². The summed E-state index contributed by atoms with van der Waals surface area (Å²) >= 11 is 0. The molecule has 43 heavy (non-hydrogen) atoms. The van der Waals surface area contributed by atoms with E-state index in [0.29, 0.717) is 13.1 Å². The minimum atomic E-state index is -4.22. The summed E-state index contributed by atoms with van der Waals surface area (Å²) in [7, 11) is -4.22. The smallest absolute Gasteiger partial charge is 0.344 e. The largest absolute Gasteiger partial charge is 0.463 e. The molecule has 0 spiro atoms. The van der Waals surface area contributed by atoms with E-state index in [0.717, 1.165) is 43.4 Å². The van der Waals surface area contributed by atoms with E-state index in [-0.39, 0.29) is 41.6 Å². The zero-order valence-corrected chi connectivity index (χ0v) is 25.1. The number of amides is 2. The third kappa shape index (κ3) is 9.01. The second-order valence-corrected chi connectivity index (χ2v) is 12.7. The molecular formula is C30H40N6O6S. The second-order valence-electron chi connectivity index (χ2n) is 11.0. The average Bonchev–Trinajstić information content (AvgIpc) is 3.84. The van der Waals surface area contributed by atoms with Crippen LogP contribution in [0.4, 0.5) is 0 Å². The molecule has 2 fully saturated rings. The Kier molecular flexibility index (Phi) is 10.8. The molecule has 2 aliphatic rings. The van der Waals surface area contributed by atoms with Crippen molar-refractivity contribution in [2.45, 2.75) is 50.1 Å². The van der Waals surface area contributed by atoms with Gasteiger partial charge in [0.2, 0.25) is 21.8 Å². The number of sulfonamides is 1. The number of nitrogens with two attached hydrogens (primary N) is 1. The van der Waals surface area contributed by atoms with Crippen LogP contribution in [0.1, 0.15) is 39.0 Å². The highest BCUT2D eigenvalue weighted by Gasteiger charge is 2.39. The summed E-state index contributed by atoms with van der Waals surface area (Å²) in [5.74, 6) is -2.29. The van der Waals surface area contributed by atoms with Crippen LogP contribution in [-0.4, -0.2) is 69.5 Å². The molecule has 4 rings (SSSR count). The Labute approximate surface area is 252 Å². The van der Waals surface area contributed by atoms with Crippen LogP contribution < -0.4 is 21.1 Å². The molecule has 1 aliphatic carbocycles. The van der Waals surface area contributed by atoms with Gasteiger partial charge in [0.1, 0.15) is 0 Å². The Morgan fingerprint density at radius 1 is 1.05 bits per heavy atom. The van der Waals surface area contributed by atoms with E-state index in [1.165, 1.54) is 12.1 Å². The fourth-order valence-corrected chi connectivity index (χ4v) is 6.36. The zero-order chi connectivity index (χ0) is 31.0. The summed E-state index contributed by atoms with van der Waals surface area (Å²) in [6.45, 7) is 3.26. The predicted molar refractivity (Wildman–Crippen MR) is 161 cm³/mol. The number of piperidine rings is 1. The second kappa shape index (κ2) is 14.5. The number of carbonyl (C=O) groups is 3. The maximum Gasteiger partial charge on any atom is 0.344 e. The molecule has 2 aromatic rings. The molecule has 1 aliphatic heterocycles. The van der Waals surface area contributed by atoms with Crippen LogP contribution >= 0.6 is 0 Å². The lowest BCUT2D eigenvalue weighted by molar-refractivity contribution is -0.148. The van der Waals surface area contributed by atoms with E-state index < -0.39 is 34.0 Å². The quantitative estimate of drug-likeness (QED) is 0.0981. The molecule has 2 amide bonds. The molecule has 13 heteroatoms. The topological polar surface area (TPSA) is 184 Å². The Morgan fingerprint density at radius 3 is 2.35 bits per heavy atom. The van der Waals surface area contributed by atoms with Crippen LogP contribution in [0.15, 0.2) is 59.5 Å². The standard InChI is InChI=1S/C30H40N6O6S/c1-2-42-29(39)27(35-43(40,41)24-14-12-22(13-15-24)21-8-4-3-5-9-21)34-26(37)17-25(23-10-11-23)28(38)33-18-20-7-6-16-36(19-20)30(31)32/h3-5,8-9,12-15,20,23,25,27,35H,2,6-7,10-11,16-19H2,1H3,(H3,31,32)(H,33,38)(H,34,37)/t20-,25?,27-/m0/s1. The van der Waals surface area contributed by atoms with Gasteiger partial charge in [-0.25, -0.2) is 13.2 Å². The summed E-state index contributed by atoms with van der Waals surface area (Å²) in [4.78, 5) is 40.6. The Morgan fingerprint density at radius 2 is 1.72 bits per heavy atom. The molecule has 12 nitrogen and oxygen atoms in total. The van der Waals surface area contributed by atoms with E-state index in [1.54, 1.807) is 24.0 Å². The number of esters is 1. The number of nitrogens with one attached hydrogen (secondary N) is 4. The van der Waals surface area contributed by atoms with E-state index >= 15 is 0 Å². The van der Waals surface area contributed by atoms with E-state index in [4.69, 9.17) is 15.9 Å². The minimum absolute atomic E-state index is 0.0135. The van der Waals surface area contributed by atoms with Gasteiger partial charge in [0.15, 0.2) is 12.1 Å². The predicted octanol–water partition coefficient (Wildman–Crippen LogP) is 1.78. The molecule has 1 heterocycles. The van der Waals surface area contributed by atoms with Crippen LogP contribution in [0.3, 0.4) is 0 Å². The number of rotatable bonds is 13. The highest BCUT2D eigenvalue weighted by atomic mass is 32.2. The molecular weight excluding hydrogens is 572 g/mol. The fourth-order valence-electron chi connectivity index (χ4n) is 5.26. The van der Waals surface area contributed by atoms with Crippen molar-refractivity contribution in [2.24, 2.45) is 23.5 Å². The van der Waals surface area contributed by atoms with E-state index in [9.17, 15) is 22.8 Å². The molecule has 1 unspecified atom stereocenters. The number of carbonyl (C=O) groups excluding carboxylic acids is 3. The molecule has 232 valence electrons. The van der Waals surface area contributed by atoms with Crippen LogP contribution in [-0.2, 0) is 29.1 Å². The number of likely N-dealkylation sites (tertiary alicyclic amines) is 1. The summed E-state index contributed by atoms with van der Waals surface area (Å²) in [6.07, 6.45) is 1.50. The molecule has 0 aromatic heterocycles. The molecule has 6 N–H and O–H groups in total. The molecule has 1 saturated heterocycles. The minimum Gasteiger partial charge on any atom is -0.463 e. The molecule has 2 aromatic carbocycles. The summed E-state index contributed by atoms with van der Waals surface area (Å²) in [5, 5.41) is 13.0. The Bertz CT molecular complexity index is 1400. The highest BCUT2D eigenvalue weighted by Crippen LogP contribution is 2.38. The molecule has 3 atom stereocenters. The number of hydrogen-bond acceptors (Lipinski definition) is 7. The SMILES string of the molecule is CCOC(=O)[C@@H](NC(=O)CC(C(=O)NC[C@@H]1CCCN(C(=N)N)C1)C1CC1)NS(=O)(=O)c1ccc(-c2ccccc2)cc1. The third-order valence-corrected chi connectivity index (χ3v) is 9.17.